The van der Waals surface area contributed by atoms with Gasteiger partial charge in [-0.1, -0.05) is 11.8 Å². The van der Waals surface area contributed by atoms with Crippen LogP contribution in [0.2, 0.25) is 5.22 Å². The third kappa shape index (κ3) is 3.90. The van der Waals surface area contributed by atoms with Crippen molar-refractivity contribution in [3.8, 4) is 0 Å². The van der Waals surface area contributed by atoms with Gasteiger partial charge in [-0.05, 0) is 51.5 Å². The molecule has 156 valence electrons. The lowest BCUT2D eigenvalue weighted by molar-refractivity contribution is 0.0123. The Bertz CT molecular complexity index is 1010. The van der Waals surface area contributed by atoms with Crippen molar-refractivity contribution in [1.82, 2.24) is 14.9 Å². The van der Waals surface area contributed by atoms with E-state index in [0.717, 1.165) is 12.8 Å². The number of amides is 1. The summed E-state index contributed by atoms with van der Waals surface area (Å²) in [5.41, 5.74) is -0.637. The van der Waals surface area contributed by atoms with Gasteiger partial charge in [0.05, 0.1) is 17.6 Å². The summed E-state index contributed by atoms with van der Waals surface area (Å²) in [5, 5.41) is 0.863. The van der Waals surface area contributed by atoms with Gasteiger partial charge in [0.25, 0.3) is 0 Å². The molecule has 2 fully saturated rings. The minimum Gasteiger partial charge on any atom is -0.444 e. The van der Waals surface area contributed by atoms with Crippen LogP contribution in [0.15, 0.2) is 20.4 Å². The van der Waals surface area contributed by atoms with E-state index in [9.17, 15) is 9.59 Å². The topological polar surface area (TPSA) is 88.8 Å². The van der Waals surface area contributed by atoms with E-state index >= 15 is 0 Å². The molecule has 2 aromatic rings. The van der Waals surface area contributed by atoms with Crippen LogP contribution >= 0.6 is 23.4 Å². The first-order valence-electron chi connectivity index (χ1n) is 9.48. The molecule has 2 saturated heterocycles. The molecule has 2 aliphatic heterocycles. The Labute approximate surface area is 177 Å². The number of nitrogens with zero attached hydrogens (tertiary/aromatic N) is 4. The number of hydrogen-bond acceptors (Lipinski definition) is 8. The van der Waals surface area contributed by atoms with E-state index in [1.165, 1.54) is 17.8 Å². The quantitative estimate of drug-likeness (QED) is 0.519. The fraction of sp³-hybridized carbons (Fsp3) is 0.579. The third-order valence-electron chi connectivity index (χ3n) is 5.11. The van der Waals surface area contributed by atoms with Crippen LogP contribution in [0.3, 0.4) is 0 Å². The standard InChI is InChI=1S/C19H23ClN4O4S/c1-19(2,3)28-18(26)24-10-5-6-11(24)9-23(8-10)15-14-12(21-17(22-15)29-4)7-13(20)27-16(14)25/h7,10-11H,5-6,8-9H2,1-4H3. The normalized spacial score (nSPS) is 21.7. The van der Waals surface area contributed by atoms with Gasteiger partial charge in [-0.3, -0.25) is 4.90 Å². The second-order valence-corrected chi connectivity index (χ2v) is 9.46. The number of carbonyl (C=O) groups excluding carboxylic acids is 1. The number of aromatic nitrogens is 2. The van der Waals surface area contributed by atoms with E-state index in [2.05, 4.69) is 14.9 Å². The Hall–Kier alpha value is -2.00. The van der Waals surface area contributed by atoms with Crippen molar-refractivity contribution in [1.29, 1.82) is 0 Å². The molecule has 0 aromatic carbocycles. The Morgan fingerprint density at radius 2 is 1.93 bits per heavy atom. The maximum absolute atomic E-state index is 12.7. The fourth-order valence-electron chi connectivity index (χ4n) is 4.03. The Kier molecular flexibility index (Phi) is 5.14. The van der Waals surface area contributed by atoms with Gasteiger partial charge in [-0.15, -0.1) is 0 Å². The highest BCUT2D eigenvalue weighted by molar-refractivity contribution is 7.98. The smallest absolute Gasteiger partial charge is 0.410 e. The number of ether oxygens (including phenoxy) is 1. The number of rotatable bonds is 2. The molecule has 1 amide bonds. The predicted octanol–water partition coefficient (Wildman–Crippen LogP) is 3.55. The summed E-state index contributed by atoms with van der Waals surface area (Å²) >= 11 is 7.31. The summed E-state index contributed by atoms with van der Waals surface area (Å²) < 4.78 is 10.7. The first kappa shape index (κ1) is 20.3. The molecule has 0 radical (unpaired) electrons. The Balaban J connectivity index is 1.69. The van der Waals surface area contributed by atoms with E-state index in [1.807, 2.05) is 31.9 Å². The number of fused-ring (bicyclic) bond motifs is 3. The molecule has 4 heterocycles. The van der Waals surface area contributed by atoms with Gasteiger partial charge in [-0.2, -0.15) is 0 Å². The molecule has 0 aliphatic carbocycles. The SMILES string of the molecule is CSc1nc(N2CC3CCC(C2)N3C(=O)OC(C)(C)C)c2c(=O)oc(Cl)cc2n1. The largest absolute Gasteiger partial charge is 0.444 e. The third-order valence-corrected chi connectivity index (χ3v) is 5.84. The molecule has 2 aliphatic rings. The molecule has 0 saturated carbocycles. The van der Waals surface area contributed by atoms with Crippen molar-refractivity contribution in [2.75, 3.05) is 24.2 Å². The summed E-state index contributed by atoms with van der Waals surface area (Å²) in [6.45, 7) is 6.73. The lowest BCUT2D eigenvalue weighted by atomic mass is 10.1. The number of anilines is 1. The second kappa shape index (κ2) is 7.36. The monoisotopic (exact) mass is 438 g/mol. The predicted molar refractivity (Wildman–Crippen MR) is 112 cm³/mol. The molecule has 2 aromatic heterocycles. The van der Waals surface area contributed by atoms with Gasteiger partial charge in [0, 0.05) is 19.2 Å². The molecule has 29 heavy (non-hydrogen) atoms. The maximum atomic E-state index is 12.7. The first-order valence-corrected chi connectivity index (χ1v) is 11.1. The highest BCUT2D eigenvalue weighted by atomic mass is 35.5. The number of halogens is 1. The molecule has 8 nitrogen and oxygen atoms in total. The van der Waals surface area contributed by atoms with Gasteiger partial charge in [0.1, 0.15) is 16.8 Å². The highest BCUT2D eigenvalue weighted by Gasteiger charge is 2.45. The number of hydrogen-bond donors (Lipinski definition) is 0. The number of carbonyl (C=O) groups is 1. The zero-order valence-corrected chi connectivity index (χ0v) is 18.3. The van der Waals surface area contributed by atoms with Crippen LogP contribution in [0.1, 0.15) is 33.6 Å². The van der Waals surface area contributed by atoms with Crippen molar-refractivity contribution < 1.29 is 13.9 Å². The lowest BCUT2D eigenvalue weighted by Crippen LogP contribution is -2.57. The molecule has 2 atom stereocenters. The zero-order chi connectivity index (χ0) is 20.9. The van der Waals surface area contributed by atoms with Crippen molar-refractivity contribution in [2.45, 2.75) is 56.5 Å². The van der Waals surface area contributed by atoms with E-state index in [0.29, 0.717) is 35.0 Å². The number of piperazine rings is 1. The molecule has 2 bridgehead atoms. The average molecular weight is 439 g/mol. The second-order valence-electron chi connectivity index (χ2n) is 8.31. The van der Waals surface area contributed by atoms with Crippen LogP contribution in [0.4, 0.5) is 10.6 Å². The molecular formula is C19H23ClN4O4S. The first-order chi connectivity index (χ1) is 13.7. The van der Waals surface area contributed by atoms with Crippen molar-refractivity contribution in [3.63, 3.8) is 0 Å². The van der Waals surface area contributed by atoms with Crippen molar-refractivity contribution >= 4 is 46.2 Å². The van der Waals surface area contributed by atoms with Crippen molar-refractivity contribution in [3.05, 3.63) is 21.7 Å². The summed E-state index contributed by atoms with van der Waals surface area (Å²) in [6.07, 6.45) is 3.37. The van der Waals surface area contributed by atoms with Crippen LogP contribution < -0.4 is 10.5 Å². The highest BCUT2D eigenvalue weighted by Crippen LogP contribution is 2.35. The van der Waals surface area contributed by atoms with Gasteiger partial charge in [0.2, 0.25) is 0 Å². The van der Waals surface area contributed by atoms with E-state index in [-0.39, 0.29) is 23.4 Å². The van der Waals surface area contributed by atoms with Gasteiger partial charge >= 0.3 is 11.7 Å². The maximum Gasteiger partial charge on any atom is 0.410 e. The van der Waals surface area contributed by atoms with E-state index < -0.39 is 11.2 Å². The van der Waals surface area contributed by atoms with Crippen LogP contribution in [-0.4, -0.2) is 58.0 Å². The van der Waals surface area contributed by atoms with Crippen LogP contribution in [0.5, 0.6) is 0 Å². The molecule has 10 heteroatoms. The average Bonchev–Trinajstić information content (AvgIpc) is 2.89. The molecule has 0 N–H and O–H groups in total. The van der Waals surface area contributed by atoms with Crippen LogP contribution in [-0.2, 0) is 4.74 Å². The minimum atomic E-state index is -0.558. The van der Waals surface area contributed by atoms with Crippen molar-refractivity contribution in [2.24, 2.45) is 0 Å². The van der Waals surface area contributed by atoms with E-state index in [1.54, 1.807) is 0 Å². The molecule has 4 rings (SSSR count). The van der Waals surface area contributed by atoms with Crippen LogP contribution in [0.25, 0.3) is 10.9 Å². The van der Waals surface area contributed by atoms with Gasteiger partial charge in [0.15, 0.2) is 10.4 Å². The minimum absolute atomic E-state index is 0.00526. The Morgan fingerprint density at radius 1 is 1.28 bits per heavy atom. The summed E-state index contributed by atoms with van der Waals surface area (Å²) in [7, 11) is 0. The summed E-state index contributed by atoms with van der Waals surface area (Å²) in [4.78, 5) is 38.1. The Morgan fingerprint density at radius 3 is 2.52 bits per heavy atom. The lowest BCUT2D eigenvalue weighted by Gasteiger charge is -2.41. The molecular weight excluding hydrogens is 416 g/mol. The molecule has 0 spiro atoms. The van der Waals surface area contributed by atoms with Gasteiger partial charge < -0.3 is 14.1 Å². The number of thioether (sulfide) groups is 1. The zero-order valence-electron chi connectivity index (χ0n) is 16.8. The van der Waals surface area contributed by atoms with Crippen LogP contribution in [0, 0.1) is 0 Å². The molecule has 2 unspecified atom stereocenters. The summed E-state index contributed by atoms with van der Waals surface area (Å²) in [5.74, 6) is 0.533. The van der Waals surface area contributed by atoms with Gasteiger partial charge in [-0.25, -0.2) is 19.6 Å². The summed E-state index contributed by atoms with van der Waals surface area (Å²) in [6, 6.07) is 1.55. The van der Waals surface area contributed by atoms with E-state index in [4.69, 9.17) is 20.8 Å². The fourth-order valence-corrected chi connectivity index (χ4v) is 4.57.